The van der Waals surface area contributed by atoms with Crippen molar-refractivity contribution in [2.45, 2.75) is 84.1 Å². The summed E-state index contributed by atoms with van der Waals surface area (Å²) < 4.78 is 59.9. The van der Waals surface area contributed by atoms with Crippen molar-refractivity contribution in [3.8, 4) is 0 Å². The van der Waals surface area contributed by atoms with E-state index in [1.54, 1.807) is 31.2 Å². The molecule has 4 aromatic carbocycles. The maximum absolute atomic E-state index is 14.5. The highest BCUT2D eigenvalue weighted by molar-refractivity contribution is 7.89. The lowest BCUT2D eigenvalue weighted by molar-refractivity contribution is 0.0646. The number of amides is 2. The summed E-state index contributed by atoms with van der Waals surface area (Å²) >= 11 is 0. The number of nitrogens with zero attached hydrogens (tertiary/aromatic N) is 4. The number of fused-ring (bicyclic) bond motifs is 1. The zero-order valence-corrected chi connectivity index (χ0v) is 35.5. The first kappa shape index (κ1) is 42.9. The van der Waals surface area contributed by atoms with Crippen LogP contribution in [-0.4, -0.2) is 92.9 Å². The molecule has 12 heteroatoms. The van der Waals surface area contributed by atoms with Gasteiger partial charge in [-0.3, -0.25) is 19.4 Å². The Morgan fingerprint density at radius 2 is 0.946 bits per heavy atom. The second-order valence-corrected chi connectivity index (χ2v) is 18.7. The Labute approximate surface area is 334 Å². The molecule has 0 atom stereocenters. The Morgan fingerprint density at radius 1 is 0.536 bits per heavy atom. The number of carbonyl (C=O) groups excluding carboxylic acids is 2. The molecule has 0 N–H and O–H groups in total. The summed E-state index contributed by atoms with van der Waals surface area (Å²) in [5.41, 5.74) is 6.67. The van der Waals surface area contributed by atoms with Crippen LogP contribution < -0.4 is 0 Å². The van der Waals surface area contributed by atoms with Gasteiger partial charge in [-0.05, 0) is 107 Å². The molecule has 56 heavy (non-hydrogen) atoms. The summed E-state index contributed by atoms with van der Waals surface area (Å²) in [7, 11) is -7.76. The monoisotopic (exact) mass is 800 g/mol. The van der Waals surface area contributed by atoms with E-state index in [2.05, 4.69) is 4.90 Å². The molecule has 1 aliphatic heterocycles. The molecule has 2 amide bonds. The van der Waals surface area contributed by atoms with Crippen LogP contribution in [0.5, 0.6) is 0 Å². The van der Waals surface area contributed by atoms with Gasteiger partial charge < -0.3 is 0 Å². The van der Waals surface area contributed by atoms with Crippen molar-refractivity contribution < 1.29 is 26.4 Å². The SMILES string of the molecule is CCN(CCCN(CCCN(CCCN1C(=O)c2ccccc2C1=O)Cc1ccccc1)S(=O)(=O)c1c(C)cc(C)cc1C)S(=O)(=O)c1c(C)cc(C)cc1C. The van der Waals surface area contributed by atoms with E-state index >= 15 is 0 Å². The largest absolute Gasteiger partial charge is 0.299 e. The molecule has 0 spiro atoms. The quantitative estimate of drug-likeness (QED) is 0.0922. The summed E-state index contributed by atoms with van der Waals surface area (Å²) in [6.07, 6.45) is 1.39. The molecular weight excluding hydrogens is 745 g/mol. The molecule has 0 saturated carbocycles. The Balaban J connectivity index is 1.32. The third kappa shape index (κ3) is 9.66. The fourth-order valence-electron chi connectivity index (χ4n) is 8.11. The van der Waals surface area contributed by atoms with Crippen LogP contribution in [0.4, 0.5) is 0 Å². The number of benzene rings is 4. The number of carbonyl (C=O) groups is 2. The Hall–Kier alpha value is -4.20. The minimum Gasteiger partial charge on any atom is -0.299 e. The van der Waals surface area contributed by atoms with Gasteiger partial charge in [-0.2, -0.15) is 8.61 Å². The third-order valence-corrected chi connectivity index (χ3v) is 14.9. The van der Waals surface area contributed by atoms with Crippen LogP contribution in [0.25, 0.3) is 0 Å². The van der Waals surface area contributed by atoms with E-state index in [0.717, 1.165) is 16.7 Å². The van der Waals surface area contributed by atoms with E-state index in [-0.39, 0.29) is 49.4 Å². The molecule has 0 aliphatic carbocycles. The lowest BCUT2D eigenvalue weighted by Gasteiger charge is -2.28. The molecule has 5 rings (SSSR count). The number of hydrogen-bond acceptors (Lipinski definition) is 7. The first-order valence-corrected chi connectivity index (χ1v) is 22.3. The first-order valence-electron chi connectivity index (χ1n) is 19.4. The van der Waals surface area contributed by atoms with Crippen LogP contribution in [0.2, 0.25) is 0 Å². The van der Waals surface area contributed by atoms with Gasteiger partial charge in [0, 0.05) is 45.8 Å². The topological polar surface area (TPSA) is 115 Å². The van der Waals surface area contributed by atoms with Crippen LogP contribution in [0, 0.1) is 41.5 Å². The molecule has 4 aromatic rings. The third-order valence-electron chi connectivity index (χ3n) is 10.4. The van der Waals surface area contributed by atoms with Crippen molar-refractivity contribution in [3.05, 3.63) is 129 Å². The van der Waals surface area contributed by atoms with Crippen LogP contribution in [-0.2, 0) is 26.6 Å². The molecule has 1 aliphatic rings. The highest BCUT2D eigenvalue weighted by atomic mass is 32.2. The standard InChI is InChI=1S/C44H56N4O6S2/c1-8-46(55(51,52)41-34(4)27-32(2)28-35(41)5)23-16-25-47(56(53,54)42-36(6)29-33(3)30-37(42)7)24-14-21-45(31-38-17-10-9-11-18-38)22-15-26-48-43(49)39-19-12-13-20-40(39)44(48)50/h9-13,17-20,27-30H,8,14-16,21-26,31H2,1-7H3. The predicted molar refractivity (Wildman–Crippen MR) is 222 cm³/mol. The van der Waals surface area contributed by atoms with Gasteiger partial charge in [0.25, 0.3) is 11.8 Å². The highest BCUT2D eigenvalue weighted by Gasteiger charge is 2.35. The van der Waals surface area contributed by atoms with E-state index in [4.69, 9.17) is 0 Å². The Kier molecular flexibility index (Phi) is 14.1. The van der Waals surface area contributed by atoms with Crippen LogP contribution in [0.1, 0.15) is 85.8 Å². The van der Waals surface area contributed by atoms with Gasteiger partial charge in [0.1, 0.15) is 0 Å². The molecular formula is C44H56N4O6S2. The molecule has 10 nitrogen and oxygen atoms in total. The minimum absolute atomic E-state index is 0.144. The lowest BCUT2D eigenvalue weighted by Crippen LogP contribution is -2.39. The van der Waals surface area contributed by atoms with Crippen LogP contribution in [0.15, 0.2) is 88.7 Å². The molecule has 0 bridgehead atoms. The van der Waals surface area contributed by atoms with Crippen LogP contribution in [0.3, 0.4) is 0 Å². The average Bonchev–Trinajstić information content (AvgIpc) is 3.36. The predicted octanol–water partition coefficient (Wildman–Crippen LogP) is 7.21. The molecule has 300 valence electrons. The highest BCUT2D eigenvalue weighted by Crippen LogP contribution is 2.28. The summed E-state index contributed by atoms with van der Waals surface area (Å²) in [6.45, 7) is 15.8. The Bertz CT molecular complexity index is 2190. The molecule has 0 unspecified atom stereocenters. The Morgan fingerprint density at radius 3 is 1.43 bits per heavy atom. The van der Waals surface area contributed by atoms with Crippen molar-refractivity contribution in [2.75, 3.05) is 45.8 Å². The van der Waals surface area contributed by atoms with Crippen molar-refractivity contribution in [1.29, 1.82) is 0 Å². The summed E-state index contributed by atoms with van der Waals surface area (Å²) in [6, 6.07) is 24.4. The number of sulfonamides is 2. The van der Waals surface area contributed by atoms with Gasteiger partial charge in [0.05, 0.1) is 20.9 Å². The number of rotatable bonds is 19. The summed E-state index contributed by atoms with van der Waals surface area (Å²) in [5, 5.41) is 0. The maximum Gasteiger partial charge on any atom is 0.261 e. The maximum atomic E-state index is 14.5. The van der Waals surface area contributed by atoms with E-state index in [1.165, 1.54) is 13.5 Å². The average molecular weight is 801 g/mol. The fraction of sp³-hybridized carbons (Fsp3) is 0.409. The zero-order valence-electron chi connectivity index (χ0n) is 33.8. The summed E-state index contributed by atoms with van der Waals surface area (Å²) in [5.74, 6) is -0.553. The van der Waals surface area contributed by atoms with E-state index < -0.39 is 20.0 Å². The lowest BCUT2D eigenvalue weighted by atomic mass is 10.1. The molecule has 0 saturated heterocycles. The van der Waals surface area contributed by atoms with Gasteiger partial charge in [-0.1, -0.05) is 84.8 Å². The number of aryl methyl sites for hydroxylation is 6. The number of hydrogen-bond donors (Lipinski definition) is 0. The van der Waals surface area contributed by atoms with Crippen molar-refractivity contribution in [3.63, 3.8) is 0 Å². The van der Waals surface area contributed by atoms with Crippen molar-refractivity contribution in [1.82, 2.24) is 18.4 Å². The van der Waals surface area contributed by atoms with Crippen molar-refractivity contribution >= 4 is 31.9 Å². The van der Waals surface area contributed by atoms with Gasteiger partial charge in [0.2, 0.25) is 20.0 Å². The fourth-order valence-corrected chi connectivity index (χ4v) is 11.9. The minimum atomic E-state index is -3.95. The molecule has 1 heterocycles. The summed E-state index contributed by atoms with van der Waals surface area (Å²) in [4.78, 5) is 30.2. The molecule has 0 radical (unpaired) electrons. The molecule has 0 fully saturated rings. The zero-order chi connectivity index (χ0) is 40.8. The van der Waals surface area contributed by atoms with E-state index in [1.807, 2.05) is 96.1 Å². The van der Waals surface area contributed by atoms with Crippen LogP contribution >= 0.6 is 0 Å². The molecule has 0 aromatic heterocycles. The van der Waals surface area contributed by atoms with Gasteiger partial charge >= 0.3 is 0 Å². The van der Waals surface area contributed by atoms with Gasteiger partial charge in [-0.25, -0.2) is 16.8 Å². The number of imide groups is 1. The second kappa shape index (κ2) is 18.4. The van der Waals surface area contributed by atoms with Gasteiger partial charge in [0.15, 0.2) is 0 Å². The first-order chi connectivity index (χ1) is 26.6. The van der Waals surface area contributed by atoms with Crippen molar-refractivity contribution in [2.24, 2.45) is 0 Å². The second-order valence-electron chi connectivity index (χ2n) is 15.0. The smallest absolute Gasteiger partial charge is 0.261 e. The van der Waals surface area contributed by atoms with Gasteiger partial charge in [-0.15, -0.1) is 0 Å². The van der Waals surface area contributed by atoms with E-state index in [0.29, 0.717) is 77.2 Å². The normalized spacial score (nSPS) is 13.4. The van der Waals surface area contributed by atoms with E-state index in [9.17, 15) is 26.4 Å².